The summed E-state index contributed by atoms with van der Waals surface area (Å²) in [5.74, 6) is 0.769. The van der Waals surface area contributed by atoms with Crippen molar-refractivity contribution < 1.29 is 19.1 Å². The van der Waals surface area contributed by atoms with Crippen LogP contribution >= 0.6 is 0 Å². The summed E-state index contributed by atoms with van der Waals surface area (Å²) in [4.78, 5) is 25.8. The first-order valence-corrected chi connectivity index (χ1v) is 7.47. The zero-order chi connectivity index (χ0) is 15.6. The molecule has 0 bridgehead atoms. The van der Waals surface area contributed by atoms with Crippen molar-refractivity contribution in [3.05, 3.63) is 42.5 Å². The third-order valence-electron chi connectivity index (χ3n) is 4.25. The van der Waals surface area contributed by atoms with E-state index < -0.39 is 5.60 Å². The largest absolute Gasteiger partial charge is 0.486 e. The minimum Gasteiger partial charge on any atom is -0.486 e. The van der Waals surface area contributed by atoms with Gasteiger partial charge >= 0.3 is 6.09 Å². The molecule has 5 nitrogen and oxygen atoms in total. The van der Waals surface area contributed by atoms with Crippen LogP contribution in [-0.2, 0) is 4.74 Å². The molecule has 2 aliphatic rings. The van der Waals surface area contributed by atoms with E-state index in [-0.39, 0.29) is 18.5 Å². The summed E-state index contributed by atoms with van der Waals surface area (Å²) < 4.78 is 11.2. The third-order valence-corrected chi connectivity index (χ3v) is 4.25. The molecule has 3 rings (SSSR count). The number of hydrogen-bond donors (Lipinski definition) is 0. The van der Waals surface area contributed by atoms with Crippen molar-refractivity contribution >= 4 is 11.9 Å². The Hall–Kier alpha value is -2.30. The second-order valence-electron chi connectivity index (χ2n) is 5.73. The highest BCUT2D eigenvalue weighted by Gasteiger charge is 2.43. The molecule has 0 unspecified atom stereocenters. The monoisotopic (exact) mass is 301 g/mol. The van der Waals surface area contributed by atoms with Crippen LogP contribution in [0.1, 0.15) is 29.6 Å². The Kier molecular flexibility index (Phi) is 3.88. The molecule has 1 saturated heterocycles. The molecule has 1 aromatic rings. The summed E-state index contributed by atoms with van der Waals surface area (Å²) in [6, 6.07) is 7.34. The highest BCUT2D eigenvalue weighted by atomic mass is 16.6. The average molecular weight is 301 g/mol. The first-order chi connectivity index (χ1) is 10.6. The number of likely N-dealkylation sites (tertiary alicyclic amines) is 1. The summed E-state index contributed by atoms with van der Waals surface area (Å²) in [6.07, 6.45) is 2.85. The first-order valence-electron chi connectivity index (χ1n) is 7.47. The molecule has 116 valence electrons. The van der Waals surface area contributed by atoms with Crippen LogP contribution in [0.4, 0.5) is 4.79 Å². The Bertz CT molecular complexity index is 602. The topological polar surface area (TPSA) is 55.8 Å². The number of ether oxygens (including phenoxy) is 2. The Morgan fingerprint density at radius 3 is 2.82 bits per heavy atom. The lowest BCUT2D eigenvalue weighted by molar-refractivity contribution is -0.00810. The number of carbonyl (C=O) groups is 2. The Labute approximate surface area is 129 Å². The first kappa shape index (κ1) is 14.6. The summed E-state index contributed by atoms with van der Waals surface area (Å²) in [5.41, 5.74) is 0.168. The highest BCUT2D eigenvalue weighted by molar-refractivity contribution is 6.00. The molecule has 0 aromatic heterocycles. The van der Waals surface area contributed by atoms with Gasteiger partial charge in [-0.25, -0.2) is 4.79 Å². The Balaban J connectivity index is 1.67. The maximum atomic E-state index is 12.3. The molecular formula is C17H19NO4. The fourth-order valence-electron chi connectivity index (χ4n) is 3.04. The standard InChI is InChI=1S/C17H19NO4/c1-2-11-21-16(20)18-9-7-17(8-10-18)12-14(19)13-5-3-4-6-15(13)22-17/h2-6H,1,7-12H2. The molecule has 0 atom stereocenters. The minimum absolute atomic E-state index is 0.115. The van der Waals surface area contributed by atoms with Crippen LogP contribution in [0.5, 0.6) is 5.75 Å². The Morgan fingerprint density at radius 2 is 2.09 bits per heavy atom. The number of fused-ring (bicyclic) bond motifs is 1. The van der Waals surface area contributed by atoms with Crippen LogP contribution in [0.3, 0.4) is 0 Å². The summed E-state index contributed by atoms with van der Waals surface area (Å²) in [6.45, 7) is 4.80. The van der Waals surface area contributed by atoms with Gasteiger partial charge in [0.05, 0.1) is 12.0 Å². The van der Waals surface area contributed by atoms with E-state index in [9.17, 15) is 9.59 Å². The van der Waals surface area contributed by atoms with Gasteiger partial charge in [0.25, 0.3) is 0 Å². The predicted octanol–water partition coefficient (Wildman–Crippen LogP) is 2.81. The lowest BCUT2D eigenvalue weighted by atomic mass is 9.82. The van der Waals surface area contributed by atoms with Gasteiger partial charge in [-0.15, -0.1) is 0 Å². The molecule has 0 aliphatic carbocycles. The van der Waals surface area contributed by atoms with E-state index in [1.165, 1.54) is 0 Å². The van der Waals surface area contributed by atoms with Gasteiger partial charge in [0, 0.05) is 25.9 Å². The van der Waals surface area contributed by atoms with Gasteiger partial charge in [-0.2, -0.15) is 0 Å². The number of para-hydroxylation sites is 1. The van der Waals surface area contributed by atoms with Crippen molar-refractivity contribution in [2.24, 2.45) is 0 Å². The van der Waals surface area contributed by atoms with Crippen molar-refractivity contribution in [3.8, 4) is 5.75 Å². The fourth-order valence-corrected chi connectivity index (χ4v) is 3.04. The molecule has 1 spiro atoms. The molecule has 22 heavy (non-hydrogen) atoms. The van der Waals surface area contributed by atoms with Gasteiger partial charge in [-0.3, -0.25) is 4.79 Å². The zero-order valence-electron chi connectivity index (χ0n) is 12.4. The lowest BCUT2D eigenvalue weighted by Crippen LogP contribution is -2.52. The number of piperidine rings is 1. The molecule has 5 heteroatoms. The summed E-state index contributed by atoms with van der Waals surface area (Å²) >= 11 is 0. The van der Waals surface area contributed by atoms with E-state index in [4.69, 9.17) is 9.47 Å². The van der Waals surface area contributed by atoms with Gasteiger partial charge in [-0.05, 0) is 12.1 Å². The molecule has 0 saturated carbocycles. The molecular weight excluding hydrogens is 282 g/mol. The Morgan fingerprint density at radius 1 is 1.36 bits per heavy atom. The second kappa shape index (κ2) is 5.83. The normalized spacial score (nSPS) is 19.3. The van der Waals surface area contributed by atoms with Gasteiger partial charge in [0.2, 0.25) is 0 Å². The smallest absolute Gasteiger partial charge is 0.410 e. The maximum Gasteiger partial charge on any atom is 0.410 e. The molecule has 0 radical (unpaired) electrons. The molecule has 1 aromatic carbocycles. The maximum absolute atomic E-state index is 12.3. The van der Waals surface area contributed by atoms with E-state index >= 15 is 0 Å². The summed E-state index contributed by atoms with van der Waals surface area (Å²) in [7, 11) is 0. The number of amides is 1. The van der Waals surface area contributed by atoms with Crippen LogP contribution in [0.15, 0.2) is 36.9 Å². The molecule has 1 amide bonds. The van der Waals surface area contributed by atoms with Crippen molar-refractivity contribution in [3.63, 3.8) is 0 Å². The predicted molar refractivity (Wildman–Crippen MR) is 81.1 cm³/mol. The molecule has 2 aliphatic heterocycles. The van der Waals surface area contributed by atoms with Crippen LogP contribution < -0.4 is 4.74 Å². The number of Topliss-reactive ketones (excluding diaryl/α,β-unsaturated/α-hetero) is 1. The van der Waals surface area contributed by atoms with Gasteiger partial charge < -0.3 is 14.4 Å². The second-order valence-corrected chi connectivity index (χ2v) is 5.73. The number of rotatable bonds is 2. The van der Waals surface area contributed by atoms with Crippen molar-refractivity contribution in [2.75, 3.05) is 19.7 Å². The van der Waals surface area contributed by atoms with Gasteiger partial charge in [0.15, 0.2) is 5.78 Å². The van der Waals surface area contributed by atoms with Crippen LogP contribution in [0.2, 0.25) is 0 Å². The van der Waals surface area contributed by atoms with E-state index in [2.05, 4.69) is 6.58 Å². The van der Waals surface area contributed by atoms with Crippen molar-refractivity contribution in [1.29, 1.82) is 0 Å². The number of carbonyl (C=O) groups excluding carboxylic acids is 2. The number of hydrogen-bond acceptors (Lipinski definition) is 4. The van der Waals surface area contributed by atoms with E-state index in [0.717, 1.165) is 0 Å². The highest BCUT2D eigenvalue weighted by Crippen LogP contribution is 2.39. The molecule has 1 fully saturated rings. The van der Waals surface area contributed by atoms with Crippen molar-refractivity contribution in [1.82, 2.24) is 4.90 Å². The van der Waals surface area contributed by atoms with E-state index in [0.29, 0.717) is 43.7 Å². The number of benzene rings is 1. The van der Waals surface area contributed by atoms with E-state index in [1.807, 2.05) is 18.2 Å². The van der Waals surface area contributed by atoms with E-state index in [1.54, 1.807) is 17.0 Å². The molecule has 2 heterocycles. The van der Waals surface area contributed by atoms with Crippen LogP contribution in [0.25, 0.3) is 0 Å². The quantitative estimate of drug-likeness (QED) is 0.788. The van der Waals surface area contributed by atoms with Crippen LogP contribution in [0, 0.1) is 0 Å². The fraction of sp³-hybridized carbons (Fsp3) is 0.412. The zero-order valence-corrected chi connectivity index (χ0v) is 12.4. The van der Waals surface area contributed by atoms with Gasteiger partial charge in [0.1, 0.15) is 18.0 Å². The SMILES string of the molecule is C=CCOC(=O)N1CCC2(CC1)CC(=O)c1ccccc1O2. The number of nitrogens with zero attached hydrogens (tertiary/aromatic N) is 1. The minimum atomic E-state index is -0.485. The molecule has 0 N–H and O–H groups in total. The van der Waals surface area contributed by atoms with Crippen molar-refractivity contribution in [2.45, 2.75) is 24.9 Å². The average Bonchev–Trinajstić information content (AvgIpc) is 2.53. The van der Waals surface area contributed by atoms with Gasteiger partial charge in [-0.1, -0.05) is 24.8 Å². The summed E-state index contributed by atoms with van der Waals surface area (Å²) in [5, 5.41) is 0. The number of ketones is 1. The third kappa shape index (κ3) is 2.71. The van der Waals surface area contributed by atoms with Crippen LogP contribution in [-0.4, -0.2) is 42.1 Å². The lowest BCUT2D eigenvalue weighted by Gasteiger charge is -2.43.